The number of aliphatic hydroxyl groups excluding tert-OH is 2. The van der Waals surface area contributed by atoms with Gasteiger partial charge in [0.1, 0.15) is 0 Å². The van der Waals surface area contributed by atoms with Crippen molar-refractivity contribution >= 4 is 0 Å². The molecular formula is C20H34O2. The van der Waals surface area contributed by atoms with E-state index in [9.17, 15) is 5.11 Å². The highest BCUT2D eigenvalue weighted by Gasteiger charge is 2.53. The fourth-order valence-corrected chi connectivity index (χ4v) is 5.17. The van der Waals surface area contributed by atoms with E-state index in [1.807, 2.05) is 6.08 Å². The van der Waals surface area contributed by atoms with Crippen LogP contribution in [-0.2, 0) is 0 Å². The van der Waals surface area contributed by atoms with Crippen LogP contribution in [0.15, 0.2) is 23.3 Å². The number of fused-ring (bicyclic) bond motifs is 1. The van der Waals surface area contributed by atoms with Crippen molar-refractivity contribution in [2.75, 3.05) is 13.2 Å². The molecule has 2 rings (SSSR count). The lowest BCUT2D eigenvalue weighted by molar-refractivity contribution is -0.0507. The molecule has 0 aliphatic heterocycles. The van der Waals surface area contributed by atoms with Crippen molar-refractivity contribution in [3.05, 3.63) is 23.3 Å². The molecule has 0 aromatic carbocycles. The van der Waals surface area contributed by atoms with Crippen molar-refractivity contribution in [2.45, 2.75) is 66.2 Å². The van der Waals surface area contributed by atoms with E-state index in [1.165, 1.54) is 36.8 Å². The second-order valence-electron chi connectivity index (χ2n) is 8.11. The Balaban J connectivity index is 2.25. The van der Waals surface area contributed by atoms with Crippen molar-refractivity contribution in [3.8, 4) is 0 Å². The first-order valence-electron chi connectivity index (χ1n) is 8.95. The summed E-state index contributed by atoms with van der Waals surface area (Å²) in [5.41, 5.74) is 3.09. The smallest absolute Gasteiger partial charge is 0.0647 e. The van der Waals surface area contributed by atoms with Crippen LogP contribution < -0.4 is 0 Å². The second-order valence-corrected chi connectivity index (χ2v) is 8.11. The van der Waals surface area contributed by atoms with Gasteiger partial charge in [0, 0.05) is 0 Å². The number of allylic oxidation sites excluding steroid dienone is 2. The average molecular weight is 306 g/mol. The summed E-state index contributed by atoms with van der Waals surface area (Å²) in [6.45, 7) is 9.79. The van der Waals surface area contributed by atoms with Gasteiger partial charge in [-0.15, -0.1) is 0 Å². The summed E-state index contributed by atoms with van der Waals surface area (Å²) in [7, 11) is 0. The van der Waals surface area contributed by atoms with Crippen LogP contribution in [0.1, 0.15) is 66.2 Å². The molecule has 0 spiro atoms. The van der Waals surface area contributed by atoms with Gasteiger partial charge in [-0.3, -0.25) is 0 Å². The molecule has 0 radical (unpaired) electrons. The highest BCUT2D eigenvalue weighted by Crippen LogP contribution is 2.61. The highest BCUT2D eigenvalue weighted by molar-refractivity contribution is 5.23. The molecule has 2 aliphatic rings. The van der Waals surface area contributed by atoms with Crippen LogP contribution in [-0.4, -0.2) is 23.4 Å². The largest absolute Gasteiger partial charge is 0.392 e. The maximum Gasteiger partial charge on any atom is 0.0647 e. The van der Waals surface area contributed by atoms with Crippen LogP contribution in [0.4, 0.5) is 0 Å². The number of hydrogen-bond donors (Lipinski definition) is 2. The molecule has 1 saturated carbocycles. The van der Waals surface area contributed by atoms with Gasteiger partial charge in [-0.1, -0.05) is 38.5 Å². The van der Waals surface area contributed by atoms with Gasteiger partial charge in [-0.25, -0.2) is 0 Å². The van der Waals surface area contributed by atoms with Gasteiger partial charge in [-0.2, -0.15) is 0 Å². The van der Waals surface area contributed by atoms with Crippen molar-refractivity contribution in [3.63, 3.8) is 0 Å². The summed E-state index contributed by atoms with van der Waals surface area (Å²) in [5.74, 6) is 1.39. The molecule has 0 heterocycles. The fraction of sp³-hybridized carbons (Fsp3) is 0.800. The maximum absolute atomic E-state index is 9.81. The van der Waals surface area contributed by atoms with Crippen molar-refractivity contribution in [1.82, 2.24) is 0 Å². The molecule has 2 N–H and O–H groups in total. The van der Waals surface area contributed by atoms with Gasteiger partial charge in [0.15, 0.2) is 0 Å². The summed E-state index contributed by atoms with van der Waals surface area (Å²) in [6, 6.07) is 0. The Morgan fingerprint density at radius 2 is 2.05 bits per heavy atom. The first-order valence-corrected chi connectivity index (χ1v) is 8.95. The zero-order valence-electron chi connectivity index (χ0n) is 14.9. The Morgan fingerprint density at radius 3 is 2.68 bits per heavy atom. The monoisotopic (exact) mass is 306 g/mol. The first-order chi connectivity index (χ1) is 10.4. The molecule has 1 fully saturated rings. The van der Waals surface area contributed by atoms with E-state index in [2.05, 4.69) is 33.8 Å². The third-order valence-corrected chi connectivity index (χ3v) is 7.04. The van der Waals surface area contributed by atoms with E-state index in [1.54, 1.807) is 0 Å². The fourth-order valence-electron chi connectivity index (χ4n) is 5.17. The van der Waals surface area contributed by atoms with Gasteiger partial charge in [-0.05, 0) is 73.7 Å². The Bertz CT molecular complexity index is 451. The molecule has 4 atom stereocenters. The third kappa shape index (κ3) is 3.05. The standard InChI is InChI=1S/C20H34O2/c1-15(10-13-21)8-11-19(3)16(2)9-12-20(4)17(14-22)6-5-7-18(19)20/h6,10,16,18,21-22H,5,7-9,11-14H2,1-4H3. The number of aliphatic hydroxyl groups is 2. The van der Waals surface area contributed by atoms with Crippen LogP contribution in [0.2, 0.25) is 0 Å². The summed E-state index contributed by atoms with van der Waals surface area (Å²) in [4.78, 5) is 0. The molecule has 0 aromatic rings. The van der Waals surface area contributed by atoms with Gasteiger partial charge >= 0.3 is 0 Å². The van der Waals surface area contributed by atoms with Crippen LogP contribution in [0.3, 0.4) is 0 Å². The van der Waals surface area contributed by atoms with E-state index < -0.39 is 0 Å². The van der Waals surface area contributed by atoms with E-state index >= 15 is 0 Å². The van der Waals surface area contributed by atoms with E-state index in [0.717, 1.165) is 18.8 Å². The van der Waals surface area contributed by atoms with Crippen molar-refractivity contribution in [2.24, 2.45) is 22.7 Å². The summed E-state index contributed by atoms with van der Waals surface area (Å²) >= 11 is 0. The molecule has 4 unspecified atom stereocenters. The lowest BCUT2D eigenvalue weighted by Gasteiger charge is -2.58. The molecule has 22 heavy (non-hydrogen) atoms. The normalized spacial score (nSPS) is 39.4. The van der Waals surface area contributed by atoms with E-state index in [0.29, 0.717) is 11.3 Å². The molecule has 126 valence electrons. The summed E-state index contributed by atoms with van der Waals surface area (Å²) in [5, 5.41) is 18.9. The second kappa shape index (κ2) is 6.88. The van der Waals surface area contributed by atoms with Gasteiger partial charge in [0.2, 0.25) is 0 Å². The first kappa shape index (κ1) is 17.7. The lowest BCUT2D eigenvalue weighted by atomic mass is 9.47. The predicted octanol–water partition coefficient (Wildman–Crippen LogP) is 4.48. The molecule has 0 amide bonds. The van der Waals surface area contributed by atoms with Crippen LogP contribution >= 0.6 is 0 Å². The van der Waals surface area contributed by atoms with E-state index in [-0.39, 0.29) is 18.6 Å². The zero-order valence-corrected chi connectivity index (χ0v) is 14.9. The maximum atomic E-state index is 9.81. The predicted molar refractivity (Wildman–Crippen MR) is 92.6 cm³/mol. The highest BCUT2D eigenvalue weighted by atomic mass is 16.3. The Labute approximate surface area is 136 Å². The van der Waals surface area contributed by atoms with Gasteiger partial charge in [0.05, 0.1) is 13.2 Å². The SMILES string of the molecule is CC(=CCO)CCC1(C)C(C)CCC2(C)C(CO)=CCCC21. The molecule has 2 nitrogen and oxygen atoms in total. The minimum Gasteiger partial charge on any atom is -0.392 e. The van der Waals surface area contributed by atoms with Crippen molar-refractivity contribution in [1.29, 1.82) is 0 Å². The summed E-state index contributed by atoms with van der Waals surface area (Å²) in [6.07, 6.45) is 11.3. The van der Waals surface area contributed by atoms with Crippen molar-refractivity contribution < 1.29 is 10.2 Å². The third-order valence-electron chi connectivity index (χ3n) is 7.04. The van der Waals surface area contributed by atoms with Crippen LogP contribution in [0.5, 0.6) is 0 Å². The molecular weight excluding hydrogens is 272 g/mol. The Morgan fingerprint density at radius 1 is 1.32 bits per heavy atom. The minimum absolute atomic E-state index is 0.149. The zero-order chi connectivity index (χ0) is 16.4. The number of rotatable bonds is 5. The quantitative estimate of drug-likeness (QED) is 0.735. The molecule has 0 bridgehead atoms. The summed E-state index contributed by atoms with van der Waals surface area (Å²) < 4.78 is 0. The van der Waals surface area contributed by atoms with Crippen LogP contribution in [0, 0.1) is 22.7 Å². The Hall–Kier alpha value is -0.600. The van der Waals surface area contributed by atoms with Gasteiger partial charge in [0.25, 0.3) is 0 Å². The number of hydrogen-bond acceptors (Lipinski definition) is 2. The average Bonchev–Trinajstić information content (AvgIpc) is 2.49. The molecule has 0 aromatic heterocycles. The van der Waals surface area contributed by atoms with Crippen LogP contribution in [0.25, 0.3) is 0 Å². The lowest BCUT2D eigenvalue weighted by Crippen LogP contribution is -2.50. The molecule has 2 aliphatic carbocycles. The minimum atomic E-state index is 0.149. The topological polar surface area (TPSA) is 40.5 Å². The van der Waals surface area contributed by atoms with E-state index in [4.69, 9.17) is 5.11 Å². The molecule has 0 saturated heterocycles. The van der Waals surface area contributed by atoms with Gasteiger partial charge < -0.3 is 10.2 Å². The Kier molecular flexibility index (Phi) is 5.55. The molecule has 2 heteroatoms.